The number of aliphatic hydroxyl groups excluding tert-OH is 1. The van der Waals surface area contributed by atoms with Crippen molar-refractivity contribution >= 4 is 17.5 Å². The predicted octanol–water partition coefficient (Wildman–Crippen LogP) is 1.40. The second-order valence-electron chi connectivity index (χ2n) is 4.37. The Kier molecular flexibility index (Phi) is 7.36. The lowest BCUT2D eigenvalue weighted by molar-refractivity contribution is -0.122. The zero-order valence-electron chi connectivity index (χ0n) is 11.7. The van der Waals surface area contributed by atoms with Gasteiger partial charge in [0.05, 0.1) is 31.4 Å². The van der Waals surface area contributed by atoms with Gasteiger partial charge in [0.1, 0.15) is 5.75 Å². The molecule has 1 rings (SSSR count). The van der Waals surface area contributed by atoms with Crippen LogP contribution in [0, 0.1) is 0 Å². The first-order valence-electron chi connectivity index (χ1n) is 6.32. The number of aliphatic hydroxyl groups is 1. The monoisotopic (exact) mass is 301 g/mol. The number of methoxy groups -OCH3 is 2. The Morgan fingerprint density at radius 3 is 2.75 bits per heavy atom. The van der Waals surface area contributed by atoms with E-state index in [9.17, 15) is 4.79 Å². The van der Waals surface area contributed by atoms with Crippen LogP contribution in [0.4, 0.5) is 0 Å². The second kappa shape index (κ2) is 8.79. The van der Waals surface area contributed by atoms with E-state index < -0.39 is 0 Å². The largest absolute Gasteiger partial charge is 0.495 e. The minimum Gasteiger partial charge on any atom is -0.495 e. The molecule has 0 spiro atoms. The molecule has 0 saturated heterocycles. The van der Waals surface area contributed by atoms with Crippen molar-refractivity contribution in [2.75, 3.05) is 27.4 Å². The van der Waals surface area contributed by atoms with Crippen LogP contribution in [-0.4, -0.2) is 44.5 Å². The molecule has 0 fully saturated rings. The average molecular weight is 302 g/mol. The number of hydrogen-bond donors (Lipinski definition) is 2. The molecule has 1 atom stereocenters. The van der Waals surface area contributed by atoms with E-state index in [0.29, 0.717) is 23.6 Å². The van der Waals surface area contributed by atoms with Gasteiger partial charge in [-0.3, -0.25) is 4.79 Å². The molecule has 0 saturated carbocycles. The number of benzene rings is 1. The molecule has 0 aromatic heterocycles. The number of hydrogen-bond acceptors (Lipinski definition) is 4. The van der Waals surface area contributed by atoms with Crippen LogP contribution in [0.2, 0.25) is 5.02 Å². The van der Waals surface area contributed by atoms with Crippen LogP contribution in [0.5, 0.6) is 5.75 Å². The summed E-state index contributed by atoms with van der Waals surface area (Å²) in [7, 11) is 3.08. The summed E-state index contributed by atoms with van der Waals surface area (Å²) in [5.74, 6) is 0.480. The lowest BCUT2D eigenvalue weighted by Crippen LogP contribution is -2.40. The summed E-state index contributed by atoms with van der Waals surface area (Å²) in [5, 5.41) is 12.3. The van der Waals surface area contributed by atoms with Gasteiger partial charge in [-0.2, -0.15) is 0 Å². The van der Waals surface area contributed by atoms with Crippen LogP contribution in [0.25, 0.3) is 0 Å². The third kappa shape index (κ3) is 5.36. The van der Waals surface area contributed by atoms with Crippen molar-refractivity contribution < 1.29 is 19.4 Å². The van der Waals surface area contributed by atoms with Gasteiger partial charge in [-0.1, -0.05) is 17.7 Å². The van der Waals surface area contributed by atoms with Gasteiger partial charge in [0.15, 0.2) is 0 Å². The van der Waals surface area contributed by atoms with Crippen LogP contribution < -0.4 is 10.1 Å². The fourth-order valence-corrected chi connectivity index (χ4v) is 2.04. The molecule has 6 heteroatoms. The number of carbonyl (C=O) groups excluding carboxylic acids is 1. The van der Waals surface area contributed by atoms with Gasteiger partial charge >= 0.3 is 0 Å². The molecule has 112 valence electrons. The smallest absolute Gasteiger partial charge is 0.220 e. The number of halogens is 1. The van der Waals surface area contributed by atoms with Crippen molar-refractivity contribution in [3.05, 3.63) is 28.8 Å². The van der Waals surface area contributed by atoms with E-state index in [1.165, 1.54) is 7.11 Å². The summed E-state index contributed by atoms with van der Waals surface area (Å²) in [6, 6.07) is 5.06. The zero-order chi connectivity index (χ0) is 15.0. The van der Waals surface area contributed by atoms with Gasteiger partial charge < -0.3 is 19.9 Å². The van der Waals surface area contributed by atoms with Crippen LogP contribution in [0.1, 0.15) is 12.0 Å². The molecule has 0 aliphatic carbocycles. The lowest BCUT2D eigenvalue weighted by Gasteiger charge is -2.15. The average Bonchev–Trinajstić information content (AvgIpc) is 2.44. The standard InChI is InChI=1S/C14H20ClNO4/c1-19-9-11(8-17)16-14(18)6-4-10-3-5-13(20-2)12(15)7-10/h3,5,7,11,17H,4,6,8-9H2,1-2H3,(H,16,18). The Balaban J connectivity index is 2.46. The number of aryl methyl sites for hydroxylation is 1. The Morgan fingerprint density at radius 2 is 2.20 bits per heavy atom. The number of amides is 1. The van der Waals surface area contributed by atoms with Gasteiger partial charge in [-0.15, -0.1) is 0 Å². The molecule has 1 aromatic carbocycles. The van der Waals surface area contributed by atoms with Gasteiger partial charge in [0, 0.05) is 13.5 Å². The number of carbonyl (C=O) groups is 1. The van der Waals surface area contributed by atoms with E-state index >= 15 is 0 Å². The molecule has 0 aliphatic rings. The van der Waals surface area contributed by atoms with Crippen LogP contribution in [0.3, 0.4) is 0 Å². The second-order valence-corrected chi connectivity index (χ2v) is 4.78. The van der Waals surface area contributed by atoms with E-state index in [2.05, 4.69) is 5.32 Å². The first-order chi connectivity index (χ1) is 9.60. The Morgan fingerprint density at radius 1 is 1.45 bits per heavy atom. The zero-order valence-corrected chi connectivity index (χ0v) is 12.4. The maximum Gasteiger partial charge on any atom is 0.220 e. The molecule has 0 bridgehead atoms. The first kappa shape index (κ1) is 16.8. The van der Waals surface area contributed by atoms with Gasteiger partial charge in [0.2, 0.25) is 5.91 Å². The Bertz CT molecular complexity index is 439. The number of ether oxygens (including phenoxy) is 2. The molecule has 1 unspecified atom stereocenters. The SMILES string of the molecule is COCC(CO)NC(=O)CCc1ccc(OC)c(Cl)c1. The number of nitrogens with one attached hydrogen (secondary N) is 1. The van der Waals surface area contributed by atoms with Crippen LogP contribution >= 0.6 is 11.6 Å². The highest BCUT2D eigenvalue weighted by Gasteiger charge is 2.11. The fourth-order valence-electron chi connectivity index (χ4n) is 1.76. The third-order valence-electron chi connectivity index (χ3n) is 2.81. The van der Waals surface area contributed by atoms with Crippen LogP contribution in [-0.2, 0) is 16.0 Å². The molecular weight excluding hydrogens is 282 g/mol. The molecule has 0 heterocycles. The van der Waals surface area contributed by atoms with E-state index in [4.69, 9.17) is 26.2 Å². The summed E-state index contributed by atoms with van der Waals surface area (Å²) in [6.07, 6.45) is 0.892. The van der Waals surface area contributed by atoms with Crippen molar-refractivity contribution in [1.82, 2.24) is 5.32 Å². The van der Waals surface area contributed by atoms with Crippen molar-refractivity contribution in [3.8, 4) is 5.75 Å². The molecular formula is C14H20ClNO4. The topological polar surface area (TPSA) is 67.8 Å². The van der Waals surface area contributed by atoms with Gasteiger partial charge in [-0.25, -0.2) is 0 Å². The lowest BCUT2D eigenvalue weighted by atomic mass is 10.1. The normalized spacial score (nSPS) is 12.0. The summed E-state index contributed by atoms with van der Waals surface area (Å²) in [6.45, 7) is 0.143. The van der Waals surface area contributed by atoms with Crippen LogP contribution in [0.15, 0.2) is 18.2 Å². The quantitative estimate of drug-likeness (QED) is 0.762. The van der Waals surface area contributed by atoms with Gasteiger partial charge in [0.25, 0.3) is 0 Å². The van der Waals surface area contributed by atoms with E-state index in [0.717, 1.165) is 5.56 Å². The maximum absolute atomic E-state index is 11.7. The summed E-state index contributed by atoms with van der Waals surface area (Å²) in [5.41, 5.74) is 0.957. The molecule has 2 N–H and O–H groups in total. The van der Waals surface area contributed by atoms with Gasteiger partial charge in [-0.05, 0) is 24.1 Å². The summed E-state index contributed by atoms with van der Waals surface area (Å²) < 4.78 is 9.96. The highest BCUT2D eigenvalue weighted by molar-refractivity contribution is 6.32. The highest BCUT2D eigenvalue weighted by Crippen LogP contribution is 2.25. The molecule has 0 radical (unpaired) electrons. The first-order valence-corrected chi connectivity index (χ1v) is 6.70. The molecule has 1 amide bonds. The molecule has 20 heavy (non-hydrogen) atoms. The minimum absolute atomic E-state index is 0.131. The number of rotatable bonds is 8. The Hall–Kier alpha value is -1.30. The Labute approximate surface area is 123 Å². The molecule has 0 aliphatic heterocycles. The molecule has 1 aromatic rings. The highest BCUT2D eigenvalue weighted by atomic mass is 35.5. The van der Waals surface area contributed by atoms with Crippen molar-refractivity contribution in [2.24, 2.45) is 0 Å². The summed E-state index contributed by atoms with van der Waals surface area (Å²) in [4.78, 5) is 11.7. The van der Waals surface area contributed by atoms with Crippen molar-refractivity contribution in [2.45, 2.75) is 18.9 Å². The van der Waals surface area contributed by atoms with E-state index in [1.807, 2.05) is 6.07 Å². The minimum atomic E-state index is -0.369. The predicted molar refractivity (Wildman–Crippen MR) is 77.2 cm³/mol. The van der Waals surface area contributed by atoms with E-state index in [1.54, 1.807) is 19.2 Å². The van der Waals surface area contributed by atoms with Crippen molar-refractivity contribution in [1.29, 1.82) is 0 Å². The maximum atomic E-state index is 11.7. The van der Waals surface area contributed by atoms with E-state index in [-0.39, 0.29) is 25.2 Å². The fraction of sp³-hybridized carbons (Fsp3) is 0.500. The summed E-state index contributed by atoms with van der Waals surface area (Å²) >= 11 is 6.02. The van der Waals surface area contributed by atoms with Crippen molar-refractivity contribution in [3.63, 3.8) is 0 Å². The third-order valence-corrected chi connectivity index (χ3v) is 3.11. The molecule has 5 nitrogen and oxygen atoms in total.